The number of aromatic nitrogens is 3. The first-order valence-electron chi connectivity index (χ1n) is 6.60. The molecular weight excluding hydrogens is 244 g/mol. The van der Waals surface area contributed by atoms with Crippen LogP contribution in [-0.2, 0) is 0 Å². The van der Waals surface area contributed by atoms with Crippen molar-refractivity contribution < 1.29 is 4.74 Å². The fourth-order valence-electron chi connectivity index (χ4n) is 1.65. The fraction of sp³-hybridized carbons (Fsp3) is 0.750. The zero-order valence-electron chi connectivity index (χ0n) is 12.3. The van der Waals surface area contributed by atoms with Crippen LogP contribution in [0.25, 0.3) is 0 Å². The van der Waals surface area contributed by atoms with Crippen LogP contribution in [0.15, 0.2) is 0 Å². The molecule has 108 valence electrons. The van der Waals surface area contributed by atoms with Gasteiger partial charge in [0.15, 0.2) is 0 Å². The number of hydrogen-bond acceptors (Lipinski definition) is 7. The number of hydrazine groups is 1. The minimum absolute atomic E-state index is 0.282. The molecule has 0 aliphatic rings. The van der Waals surface area contributed by atoms with Crippen LogP contribution < -0.4 is 20.9 Å². The average molecular weight is 268 g/mol. The van der Waals surface area contributed by atoms with E-state index in [0.29, 0.717) is 24.4 Å². The molecule has 0 saturated heterocycles. The first-order chi connectivity index (χ1) is 8.97. The highest BCUT2D eigenvalue weighted by molar-refractivity contribution is 5.38. The van der Waals surface area contributed by atoms with Crippen molar-refractivity contribution in [2.75, 3.05) is 23.5 Å². The van der Waals surface area contributed by atoms with E-state index in [1.807, 2.05) is 6.92 Å². The van der Waals surface area contributed by atoms with Crippen molar-refractivity contribution in [1.82, 2.24) is 15.0 Å². The molecule has 0 radical (unpaired) electrons. The van der Waals surface area contributed by atoms with Crippen molar-refractivity contribution in [1.29, 1.82) is 0 Å². The van der Waals surface area contributed by atoms with Gasteiger partial charge in [-0.05, 0) is 26.7 Å². The molecule has 0 unspecified atom stereocenters. The molecule has 0 amide bonds. The number of nitrogens with zero attached hydrogens (tertiary/aromatic N) is 4. The van der Waals surface area contributed by atoms with Gasteiger partial charge in [0.1, 0.15) is 0 Å². The summed E-state index contributed by atoms with van der Waals surface area (Å²) >= 11 is 0. The topological polar surface area (TPSA) is 89.2 Å². The van der Waals surface area contributed by atoms with E-state index >= 15 is 0 Å². The predicted molar refractivity (Wildman–Crippen MR) is 76.1 cm³/mol. The molecule has 7 heteroatoms. The van der Waals surface area contributed by atoms with Gasteiger partial charge in [-0.2, -0.15) is 15.0 Å². The largest absolute Gasteiger partial charge is 0.464 e. The van der Waals surface area contributed by atoms with Gasteiger partial charge < -0.3 is 9.64 Å². The van der Waals surface area contributed by atoms with Crippen molar-refractivity contribution >= 4 is 11.9 Å². The maximum Gasteiger partial charge on any atom is 0.323 e. The van der Waals surface area contributed by atoms with Gasteiger partial charge in [0, 0.05) is 12.6 Å². The predicted octanol–water partition coefficient (Wildman–Crippen LogP) is 1.43. The van der Waals surface area contributed by atoms with Gasteiger partial charge in [-0.1, -0.05) is 13.8 Å². The lowest BCUT2D eigenvalue weighted by molar-refractivity contribution is 0.311. The van der Waals surface area contributed by atoms with Crippen LogP contribution in [0.4, 0.5) is 11.9 Å². The maximum atomic E-state index is 5.38. The van der Waals surface area contributed by atoms with E-state index in [2.05, 4.69) is 53.0 Å². The molecule has 0 fully saturated rings. The lowest BCUT2D eigenvalue weighted by Crippen LogP contribution is -2.36. The van der Waals surface area contributed by atoms with E-state index in [1.165, 1.54) is 0 Å². The minimum Gasteiger partial charge on any atom is -0.464 e. The molecule has 1 aromatic rings. The van der Waals surface area contributed by atoms with E-state index in [4.69, 9.17) is 10.6 Å². The van der Waals surface area contributed by atoms with Gasteiger partial charge in [-0.25, -0.2) is 5.84 Å². The standard InChI is InChI=1S/C12H24N6O/c1-6-19-12-15-10(17-13)14-11(16-12)18(9(4)5)7-8(2)3/h8-9H,6-7,13H2,1-5H3,(H,14,15,16,17). The van der Waals surface area contributed by atoms with Crippen LogP contribution in [0.3, 0.4) is 0 Å². The molecule has 0 aliphatic heterocycles. The lowest BCUT2D eigenvalue weighted by atomic mass is 10.2. The molecule has 0 aliphatic carbocycles. The summed E-state index contributed by atoms with van der Waals surface area (Å²) in [6.45, 7) is 11.7. The van der Waals surface area contributed by atoms with Crippen molar-refractivity contribution in [3.05, 3.63) is 0 Å². The molecule has 19 heavy (non-hydrogen) atoms. The Morgan fingerprint density at radius 1 is 1.21 bits per heavy atom. The van der Waals surface area contributed by atoms with Gasteiger partial charge in [0.2, 0.25) is 11.9 Å². The second-order valence-corrected chi connectivity index (χ2v) is 4.96. The van der Waals surface area contributed by atoms with Crippen molar-refractivity contribution in [3.8, 4) is 6.01 Å². The highest BCUT2D eigenvalue weighted by Crippen LogP contribution is 2.18. The molecular formula is C12H24N6O. The first-order valence-corrected chi connectivity index (χ1v) is 6.60. The quantitative estimate of drug-likeness (QED) is 0.571. The number of anilines is 2. The minimum atomic E-state index is 0.282. The normalized spacial score (nSPS) is 10.9. The molecule has 0 aromatic carbocycles. The summed E-state index contributed by atoms with van der Waals surface area (Å²) in [7, 11) is 0. The van der Waals surface area contributed by atoms with Crippen molar-refractivity contribution in [2.45, 2.75) is 40.7 Å². The van der Waals surface area contributed by atoms with Crippen LogP contribution in [0, 0.1) is 5.92 Å². The zero-order valence-corrected chi connectivity index (χ0v) is 12.3. The van der Waals surface area contributed by atoms with Crippen LogP contribution in [-0.4, -0.2) is 34.1 Å². The Hall–Kier alpha value is -1.63. The number of nitrogens with two attached hydrogens (primary N) is 1. The second kappa shape index (κ2) is 7.08. The van der Waals surface area contributed by atoms with Gasteiger partial charge in [0.05, 0.1) is 6.61 Å². The van der Waals surface area contributed by atoms with E-state index in [-0.39, 0.29) is 12.1 Å². The monoisotopic (exact) mass is 268 g/mol. The Balaban J connectivity index is 3.09. The second-order valence-electron chi connectivity index (χ2n) is 4.96. The Morgan fingerprint density at radius 2 is 1.89 bits per heavy atom. The smallest absolute Gasteiger partial charge is 0.323 e. The molecule has 0 spiro atoms. The molecule has 7 nitrogen and oxygen atoms in total. The Kier molecular flexibility index (Phi) is 5.75. The summed E-state index contributed by atoms with van der Waals surface area (Å²) in [5.74, 6) is 6.78. The van der Waals surface area contributed by atoms with Crippen molar-refractivity contribution in [2.24, 2.45) is 11.8 Å². The molecule has 0 atom stereocenters. The highest BCUT2D eigenvalue weighted by Gasteiger charge is 2.17. The summed E-state index contributed by atoms with van der Waals surface area (Å²) in [4.78, 5) is 14.8. The number of ether oxygens (including phenoxy) is 1. The lowest BCUT2D eigenvalue weighted by Gasteiger charge is -2.28. The number of rotatable bonds is 7. The van der Waals surface area contributed by atoms with Gasteiger partial charge in [0.25, 0.3) is 0 Å². The first kappa shape index (κ1) is 15.4. The third-order valence-corrected chi connectivity index (χ3v) is 2.45. The number of hydrogen-bond donors (Lipinski definition) is 2. The van der Waals surface area contributed by atoms with Crippen LogP contribution in [0.5, 0.6) is 6.01 Å². The summed E-state index contributed by atoms with van der Waals surface area (Å²) < 4.78 is 5.34. The summed E-state index contributed by atoms with van der Waals surface area (Å²) in [5, 5.41) is 0. The van der Waals surface area contributed by atoms with Crippen molar-refractivity contribution in [3.63, 3.8) is 0 Å². The van der Waals surface area contributed by atoms with Crippen LogP contribution >= 0.6 is 0 Å². The van der Waals surface area contributed by atoms with E-state index < -0.39 is 0 Å². The Labute approximate surface area is 114 Å². The molecule has 1 aromatic heterocycles. The summed E-state index contributed by atoms with van der Waals surface area (Å²) in [5.41, 5.74) is 2.44. The van der Waals surface area contributed by atoms with Crippen LogP contribution in [0.2, 0.25) is 0 Å². The molecule has 0 bridgehead atoms. The average Bonchev–Trinajstić information content (AvgIpc) is 2.35. The van der Waals surface area contributed by atoms with Gasteiger partial charge in [-0.15, -0.1) is 0 Å². The highest BCUT2D eigenvalue weighted by atomic mass is 16.5. The Bertz CT molecular complexity index is 396. The SMILES string of the molecule is CCOc1nc(NN)nc(N(CC(C)C)C(C)C)n1. The molecule has 1 rings (SSSR count). The molecule has 0 saturated carbocycles. The number of nitrogen functional groups attached to an aromatic ring is 1. The zero-order chi connectivity index (χ0) is 14.4. The van der Waals surface area contributed by atoms with E-state index in [0.717, 1.165) is 6.54 Å². The maximum absolute atomic E-state index is 5.38. The van der Waals surface area contributed by atoms with E-state index in [1.54, 1.807) is 0 Å². The fourth-order valence-corrected chi connectivity index (χ4v) is 1.65. The van der Waals surface area contributed by atoms with Crippen LogP contribution in [0.1, 0.15) is 34.6 Å². The third kappa shape index (κ3) is 4.51. The third-order valence-electron chi connectivity index (χ3n) is 2.45. The Morgan fingerprint density at radius 3 is 2.37 bits per heavy atom. The van der Waals surface area contributed by atoms with Gasteiger partial charge >= 0.3 is 6.01 Å². The van der Waals surface area contributed by atoms with E-state index in [9.17, 15) is 0 Å². The summed E-state index contributed by atoms with van der Waals surface area (Å²) in [6.07, 6.45) is 0. The number of nitrogens with one attached hydrogen (secondary N) is 1. The molecule has 1 heterocycles. The van der Waals surface area contributed by atoms with Gasteiger partial charge in [-0.3, -0.25) is 5.43 Å². The summed E-state index contributed by atoms with van der Waals surface area (Å²) in [6, 6.07) is 0.569. The molecule has 3 N–H and O–H groups in total.